The molecule has 31 heavy (non-hydrogen) atoms. The Balaban J connectivity index is 1.88. The molecule has 0 saturated heterocycles. The average molecular weight is 445 g/mol. The fourth-order valence-corrected chi connectivity index (χ4v) is 4.13. The molecule has 0 spiro atoms. The van der Waals surface area contributed by atoms with Crippen LogP contribution in [-0.4, -0.2) is 60.3 Å². The number of amides is 1. The van der Waals surface area contributed by atoms with Crippen molar-refractivity contribution in [1.29, 1.82) is 0 Å². The molecule has 3 N–H and O–H groups in total. The van der Waals surface area contributed by atoms with Crippen molar-refractivity contribution in [1.82, 2.24) is 25.6 Å². The second-order valence-corrected chi connectivity index (χ2v) is 8.23. The van der Waals surface area contributed by atoms with Crippen LogP contribution in [-0.2, 0) is 4.74 Å². The fraction of sp³-hybridized carbons (Fsp3) is 0.429. The van der Waals surface area contributed by atoms with Gasteiger partial charge in [0, 0.05) is 26.4 Å². The van der Waals surface area contributed by atoms with Crippen LogP contribution in [0, 0.1) is 6.92 Å². The number of carbonyl (C=O) groups excluding carboxylic acids is 1. The molecule has 3 aromatic rings. The Morgan fingerprint density at radius 1 is 1.23 bits per heavy atom. The zero-order valence-corrected chi connectivity index (χ0v) is 19.2. The normalized spacial score (nSPS) is 12.2. The number of pyridine rings is 1. The molecule has 3 rings (SSSR count). The summed E-state index contributed by atoms with van der Waals surface area (Å²) in [5.74, 6) is 0.935. The minimum Gasteiger partial charge on any atom is -0.473 e. The number of aryl methyl sites for hydroxylation is 1. The fourth-order valence-electron chi connectivity index (χ4n) is 3.07. The first kappa shape index (κ1) is 22.9. The van der Waals surface area contributed by atoms with Crippen LogP contribution >= 0.6 is 11.3 Å². The van der Waals surface area contributed by atoms with Gasteiger partial charge in [-0.3, -0.25) is 4.79 Å². The molecular formula is C21H28N6O3S. The Bertz CT molecular complexity index is 1040. The van der Waals surface area contributed by atoms with Crippen LogP contribution in [0.4, 0.5) is 11.5 Å². The van der Waals surface area contributed by atoms with E-state index in [1.807, 2.05) is 40.0 Å². The van der Waals surface area contributed by atoms with Crippen molar-refractivity contribution in [2.24, 2.45) is 0 Å². The highest BCUT2D eigenvalue weighted by Gasteiger charge is 2.21. The SMILES string of the molecule is CNCC(CNC(=O)c1sc2ncnc(Nc3cccnc3OC(C)C)c2c1C)OC. The third-order valence-electron chi connectivity index (χ3n) is 4.56. The third-order valence-corrected chi connectivity index (χ3v) is 5.76. The van der Waals surface area contributed by atoms with Gasteiger partial charge in [-0.2, -0.15) is 0 Å². The lowest BCUT2D eigenvalue weighted by Gasteiger charge is -2.15. The number of nitrogens with one attached hydrogen (secondary N) is 3. The number of carbonyl (C=O) groups is 1. The molecule has 3 heterocycles. The summed E-state index contributed by atoms with van der Waals surface area (Å²) in [5.41, 5.74) is 1.52. The van der Waals surface area contributed by atoms with Gasteiger partial charge < -0.3 is 25.4 Å². The Morgan fingerprint density at radius 3 is 2.74 bits per heavy atom. The first-order valence-corrected chi connectivity index (χ1v) is 10.8. The Hall–Kier alpha value is -2.82. The van der Waals surface area contributed by atoms with E-state index in [0.717, 1.165) is 15.8 Å². The second kappa shape index (κ2) is 10.5. The van der Waals surface area contributed by atoms with E-state index in [4.69, 9.17) is 9.47 Å². The third kappa shape index (κ3) is 5.46. The summed E-state index contributed by atoms with van der Waals surface area (Å²) in [6.07, 6.45) is 3.04. The standard InChI is InChI=1S/C21H28N6O3S/c1-12(2)30-20-15(7-6-8-23-20)27-18-16-13(3)17(31-21(16)26-11-25-18)19(28)24-10-14(29-5)9-22-4/h6-8,11-12,14,22H,9-10H2,1-5H3,(H,24,28)(H,25,26,27). The number of anilines is 2. The summed E-state index contributed by atoms with van der Waals surface area (Å²) in [5, 5.41) is 10.1. The van der Waals surface area contributed by atoms with Gasteiger partial charge in [-0.05, 0) is 45.5 Å². The molecule has 1 atom stereocenters. The molecule has 9 nitrogen and oxygen atoms in total. The van der Waals surface area contributed by atoms with Crippen molar-refractivity contribution in [3.05, 3.63) is 35.1 Å². The van der Waals surface area contributed by atoms with Gasteiger partial charge in [0.2, 0.25) is 5.88 Å². The molecule has 3 aromatic heterocycles. The van der Waals surface area contributed by atoms with E-state index >= 15 is 0 Å². The number of methoxy groups -OCH3 is 1. The minimum atomic E-state index is -0.158. The topological polar surface area (TPSA) is 110 Å². The molecular weight excluding hydrogens is 416 g/mol. The highest BCUT2D eigenvalue weighted by atomic mass is 32.1. The van der Waals surface area contributed by atoms with E-state index in [9.17, 15) is 4.79 Å². The second-order valence-electron chi connectivity index (χ2n) is 7.23. The van der Waals surface area contributed by atoms with Gasteiger partial charge in [0.25, 0.3) is 5.91 Å². The first-order chi connectivity index (χ1) is 14.9. The molecule has 0 aliphatic carbocycles. The van der Waals surface area contributed by atoms with Crippen molar-refractivity contribution < 1.29 is 14.3 Å². The molecule has 1 unspecified atom stereocenters. The molecule has 166 valence electrons. The van der Waals surface area contributed by atoms with Gasteiger partial charge in [0.15, 0.2) is 0 Å². The number of rotatable bonds is 10. The Morgan fingerprint density at radius 2 is 2.03 bits per heavy atom. The molecule has 0 aliphatic rings. The van der Waals surface area contributed by atoms with Crippen molar-refractivity contribution >= 4 is 39.0 Å². The maximum absolute atomic E-state index is 12.8. The van der Waals surface area contributed by atoms with Crippen molar-refractivity contribution in [2.75, 3.05) is 32.6 Å². The summed E-state index contributed by atoms with van der Waals surface area (Å²) < 4.78 is 11.2. The molecule has 1 amide bonds. The predicted octanol–water partition coefficient (Wildman–Crippen LogP) is 2.89. The van der Waals surface area contributed by atoms with Gasteiger partial charge in [-0.25, -0.2) is 15.0 Å². The number of likely N-dealkylation sites (N-methyl/N-ethyl adjacent to an activating group) is 1. The maximum Gasteiger partial charge on any atom is 0.261 e. The highest BCUT2D eigenvalue weighted by Crippen LogP contribution is 2.35. The van der Waals surface area contributed by atoms with E-state index < -0.39 is 0 Å². The van der Waals surface area contributed by atoms with Crippen molar-refractivity contribution in [2.45, 2.75) is 33.0 Å². The van der Waals surface area contributed by atoms with Crippen LogP contribution in [0.5, 0.6) is 5.88 Å². The summed E-state index contributed by atoms with van der Waals surface area (Å²) in [6.45, 7) is 6.85. The summed E-state index contributed by atoms with van der Waals surface area (Å²) in [6, 6.07) is 3.70. The summed E-state index contributed by atoms with van der Waals surface area (Å²) in [7, 11) is 3.47. The molecule has 0 saturated carbocycles. The van der Waals surface area contributed by atoms with Gasteiger partial charge in [0.1, 0.15) is 22.7 Å². The molecule has 0 aliphatic heterocycles. The van der Waals surface area contributed by atoms with E-state index in [1.165, 1.54) is 17.7 Å². The molecule has 0 radical (unpaired) electrons. The van der Waals surface area contributed by atoms with Crippen LogP contribution in [0.15, 0.2) is 24.7 Å². The zero-order chi connectivity index (χ0) is 22.4. The lowest BCUT2D eigenvalue weighted by molar-refractivity contribution is 0.0834. The quantitative estimate of drug-likeness (QED) is 0.438. The van der Waals surface area contributed by atoms with Crippen LogP contribution < -0.4 is 20.7 Å². The average Bonchev–Trinajstić information content (AvgIpc) is 3.09. The van der Waals surface area contributed by atoms with E-state index in [-0.39, 0.29) is 18.1 Å². The molecule has 0 fully saturated rings. The lowest BCUT2D eigenvalue weighted by atomic mass is 10.2. The molecule has 0 bridgehead atoms. The smallest absolute Gasteiger partial charge is 0.261 e. The predicted molar refractivity (Wildman–Crippen MR) is 122 cm³/mol. The van der Waals surface area contributed by atoms with Crippen LogP contribution in [0.25, 0.3) is 10.2 Å². The maximum atomic E-state index is 12.8. The van der Waals surface area contributed by atoms with Gasteiger partial charge >= 0.3 is 0 Å². The summed E-state index contributed by atoms with van der Waals surface area (Å²) >= 11 is 1.34. The van der Waals surface area contributed by atoms with Crippen LogP contribution in [0.3, 0.4) is 0 Å². The molecule has 0 aromatic carbocycles. The van der Waals surface area contributed by atoms with Gasteiger partial charge in [-0.15, -0.1) is 11.3 Å². The van der Waals surface area contributed by atoms with E-state index in [0.29, 0.717) is 35.4 Å². The number of fused-ring (bicyclic) bond motifs is 1. The van der Waals surface area contributed by atoms with Crippen molar-refractivity contribution in [3.8, 4) is 5.88 Å². The largest absolute Gasteiger partial charge is 0.473 e. The van der Waals surface area contributed by atoms with E-state index in [2.05, 4.69) is 30.9 Å². The monoisotopic (exact) mass is 444 g/mol. The number of aromatic nitrogens is 3. The lowest BCUT2D eigenvalue weighted by Crippen LogP contribution is -2.38. The number of hydrogen-bond acceptors (Lipinski definition) is 9. The van der Waals surface area contributed by atoms with Crippen molar-refractivity contribution in [3.63, 3.8) is 0 Å². The number of hydrogen-bond donors (Lipinski definition) is 3. The number of nitrogens with zero attached hydrogens (tertiary/aromatic N) is 3. The minimum absolute atomic E-state index is 0.0158. The molecule has 10 heteroatoms. The Kier molecular flexibility index (Phi) is 7.72. The first-order valence-electron chi connectivity index (χ1n) is 10.0. The number of ether oxygens (including phenoxy) is 2. The van der Waals surface area contributed by atoms with Crippen LogP contribution in [0.1, 0.15) is 29.1 Å². The number of thiophene rings is 1. The van der Waals surface area contributed by atoms with Gasteiger partial charge in [0.05, 0.1) is 22.5 Å². The zero-order valence-electron chi connectivity index (χ0n) is 18.4. The Labute approximate surface area is 185 Å². The highest BCUT2D eigenvalue weighted by molar-refractivity contribution is 7.20. The summed E-state index contributed by atoms with van der Waals surface area (Å²) in [4.78, 5) is 27.2. The van der Waals surface area contributed by atoms with Crippen LogP contribution in [0.2, 0.25) is 0 Å². The van der Waals surface area contributed by atoms with E-state index in [1.54, 1.807) is 13.3 Å². The van der Waals surface area contributed by atoms with Gasteiger partial charge in [-0.1, -0.05) is 0 Å².